The lowest BCUT2D eigenvalue weighted by Crippen LogP contribution is -2.36. The van der Waals surface area contributed by atoms with Crippen LogP contribution < -0.4 is 5.32 Å². The van der Waals surface area contributed by atoms with E-state index < -0.39 is 0 Å². The smallest absolute Gasteiger partial charge is 0.325 e. The van der Waals surface area contributed by atoms with Crippen molar-refractivity contribution in [2.45, 2.75) is 19.0 Å². The number of hydrogen-bond donors (Lipinski definition) is 1. The summed E-state index contributed by atoms with van der Waals surface area (Å²) in [5.41, 5.74) is 2.73. The number of nitrogens with one attached hydrogen (secondary N) is 1. The molecule has 1 aliphatic heterocycles. The van der Waals surface area contributed by atoms with Crippen molar-refractivity contribution in [3.05, 3.63) is 83.4 Å². The fourth-order valence-corrected chi connectivity index (χ4v) is 4.23. The summed E-state index contributed by atoms with van der Waals surface area (Å²) >= 11 is 11.8. The second-order valence-electron chi connectivity index (χ2n) is 6.84. The number of thiocarbonyl (C=S) groups is 1. The van der Waals surface area contributed by atoms with Crippen LogP contribution in [-0.4, -0.2) is 38.7 Å². The van der Waals surface area contributed by atoms with E-state index in [1.54, 1.807) is 13.1 Å². The molecule has 4 rings (SSSR count). The molecule has 1 aliphatic rings. The van der Waals surface area contributed by atoms with Gasteiger partial charge in [0.2, 0.25) is 0 Å². The van der Waals surface area contributed by atoms with Crippen LogP contribution in [0, 0.1) is 0 Å². The zero-order valence-corrected chi connectivity index (χ0v) is 17.9. The predicted octanol–water partition coefficient (Wildman–Crippen LogP) is 4.06. The Balaban J connectivity index is 1.79. The maximum atomic E-state index is 12.3. The van der Waals surface area contributed by atoms with Gasteiger partial charge in [-0.2, -0.15) is 0 Å². The molecular weight excluding hydrogens is 420 g/mol. The van der Waals surface area contributed by atoms with Crippen molar-refractivity contribution in [3.8, 4) is 5.69 Å². The SMILES string of the molecule is CCOC(=O)CN1C(=S)N[C@@H](c2ccccn2)[C@H]1c1cccn1-c1cccc(Cl)c1. The summed E-state index contributed by atoms with van der Waals surface area (Å²) in [7, 11) is 0. The van der Waals surface area contributed by atoms with Crippen LogP contribution in [0.4, 0.5) is 0 Å². The Kier molecular flexibility index (Phi) is 6.01. The summed E-state index contributed by atoms with van der Waals surface area (Å²) < 4.78 is 7.24. The van der Waals surface area contributed by atoms with E-state index in [2.05, 4.69) is 14.9 Å². The highest BCUT2D eigenvalue weighted by molar-refractivity contribution is 7.80. The van der Waals surface area contributed by atoms with Gasteiger partial charge in [-0.1, -0.05) is 23.7 Å². The Morgan fingerprint density at radius 3 is 2.83 bits per heavy atom. The minimum atomic E-state index is -0.325. The Morgan fingerprint density at radius 1 is 1.23 bits per heavy atom. The molecule has 6 nitrogen and oxygen atoms in total. The number of ether oxygens (including phenoxy) is 1. The standard InChI is InChI=1S/C22H21ClN4O2S/c1-2-29-19(28)14-27-21(20(25-22(27)30)17-9-3-4-11-24-17)18-10-6-12-26(18)16-8-5-7-15(23)13-16/h3-13,20-21H,2,14H2,1H3,(H,25,30)/t20-,21+/m0/s1. The van der Waals surface area contributed by atoms with Crippen LogP contribution in [0.1, 0.15) is 30.4 Å². The molecule has 0 saturated carbocycles. The van der Waals surface area contributed by atoms with Crippen molar-refractivity contribution in [1.82, 2.24) is 19.8 Å². The van der Waals surface area contributed by atoms with Gasteiger partial charge in [-0.05, 0) is 61.6 Å². The molecule has 0 bridgehead atoms. The minimum absolute atomic E-state index is 0.0500. The summed E-state index contributed by atoms with van der Waals surface area (Å²) in [6, 6.07) is 16.9. The van der Waals surface area contributed by atoms with Crippen LogP contribution in [0.5, 0.6) is 0 Å². The topological polar surface area (TPSA) is 59.4 Å². The maximum absolute atomic E-state index is 12.3. The predicted molar refractivity (Wildman–Crippen MR) is 120 cm³/mol. The highest BCUT2D eigenvalue weighted by Crippen LogP contribution is 2.39. The number of nitrogens with zero attached hydrogens (tertiary/aromatic N) is 3. The van der Waals surface area contributed by atoms with E-state index >= 15 is 0 Å². The van der Waals surface area contributed by atoms with Gasteiger partial charge in [-0.3, -0.25) is 9.78 Å². The van der Waals surface area contributed by atoms with Gasteiger partial charge in [-0.15, -0.1) is 0 Å². The number of rotatable bonds is 6. The number of halogens is 1. The van der Waals surface area contributed by atoms with E-state index in [9.17, 15) is 4.79 Å². The lowest BCUT2D eigenvalue weighted by Gasteiger charge is -2.28. The first-order valence-electron chi connectivity index (χ1n) is 9.65. The van der Waals surface area contributed by atoms with Gasteiger partial charge in [0.15, 0.2) is 5.11 Å². The van der Waals surface area contributed by atoms with E-state index in [1.807, 2.05) is 65.7 Å². The number of aromatic nitrogens is 2. The normalized spacial score (nSPS) is 18.3. The van der Waals surface area contributed by atoms with Crippen LogP contribution in [0.2, 0.25) is 5.02 Å². The largest absolute Gasteiger partial charge is 0.465 e. The molecular formula is C22H21ClN4O2S. The first-order chi connectivity index (χ1) is 14.6. The van der Waals surface area contributed by atoms with Gasteiger partial charge in [0, 0.05) is 28.8 Å². The second-order valence-corrected chi connectivity index (χ2v) is 7.67. The van der Waals surface area contributed by atoms with Crippen LogP contribution >= 0.6 is 23.8 Å². The number of hydrogen-bond acceptors (Lipinski definition) is 4. The highest BCUT2D eigenvalue weighted by atomic mass is 35.5. The molecule has 154 valence electrons. The number of pyridine rings is 1. The lowest BCUT2D eigenvalue weighted by molar-refractivity contribution is -0.143. The van der Waals surface area contributed by atoms with Crippen LogP contribution in [0.25, 0.3) is 5.69 Å². The number of carbonyl (C=O) groups is 1. The van der Waals surface area contributed by atoms with Crippen LogP contribution in [-0.2, 0) is 9.53 Å². The third kappa shape index (κ3) is 4.04. The second kappa shape index (κ2) is 8.85. The molecule has 1 fully saturated rings. The van der Waals surface area contributed by atoms with Crippen LogP contribution in [0.3, 0.4) is 0 Å². The third-order valence-electron chi connectivity index (χ3n) is 4.97. The zero-order chi connectivity index (χ0) is 21.1. The molecule has 30 heavy (non-hydrogen) atoms. The van der Waals surface area contributed by atoms with Gasteiger partial charge in [0.1, 0.15) is 6.54 Å². The monoisotopic (exact) mass is 440 g/mol. The van der Waals surface area contributed by atoms with Crippen molar-refractivity contribution in [2.75, 3.05) is 13.2 Å². The fraction of sp³-hybridized carbons (Fsp3) is 0.227. The average molecular weight is 441 g/mol. The van der Waals surface area contributed by atoms with Gasteiger partial charge in [0.05, 0.1) is 24.4 Å². The molecule has 0 amide bonds. The molecule has 8 heteroatoms. The molecule has 0 spiro atoms. The molecule has 0 aliphatic carbocycles. The van der Waals surface area contributed by atoms with E-state index in [4.69, 9.17) is 28.6 Å². The van der Waals surface area contributed by atoms with Gasteiger partial charge in [0.25, 0.3) is 0 Å². The van der Waals surface area contributed by atoms with Crippen molar-refractivity contribution in [2.24, 2.45) is 0 Å². The van der Waals surface area contributed by atoms with E-state index in [0.29, 0.717) is 16.7 Å². The third-order valence-corrected chi connectivity index (χ3v) is 5.56. The Hall–Kier alpha value is -2.90. The van der Waals surface area contributed by atoms with E-state index in [-0.39, 0.29) is 24.6 Å². The summed E-state index contributed by atoms with van der Waals surface area (Å²) in [4.78, 5) is 18.7. The Bertz CT molecular complexity index is 1060. The number of benzene rings is 1. The van der Waals surface area contributed by atoms with Gasteiger partial charge in [-0.25, -0.2) is 0 Å². The first-order valence-corrected chi connectivity index (χ1v) is 10.4. The Labute approximate surface area is 185 Å². The van der Waals surface area contributed by atoms with E-state index in [0.717, 1.165) is 17.1 Å². The summed E-state index contributed by atoms with van der Waals surface area (Å²) in [5, 5.41) is 4.48. The molecule has 0 unspecified atom stereocenters. The van der Waals surface area contributed by atoms with Crippen LogP contribution in [0.15, 0.2) is 67.0 Å². The molecule has 3 heterocycles. The maximum Gasteiger partial charge on any atom is 0.325 e. The van der Waals surface area contributed by atoms with Crippen molar-refractivity contribution in [3.63, 3.8) is 0 Å². The minimum Gasteiger partial charge on any atom is -0.465 e. The molecule has 1 saturated heterocycles. The Morgan fingerprint density at radius 2 is 2.10 bits per heavy atom. The summed E-state index contributed by atoms with van der Waals surface area (Å²) in [5.74, 6) is -0.325. The molecule has 2 atom stereocenters. The molecule has 1 aromatic carbocycles. The first kappa shape index (κ1) is 20.4. The number of carbonyl (C=O) groups excluding carboxylic acids is 1. The fourth-order valence-electron chi connectivity index (χ4n) is 3.74. The summed E-state index contributed by atoms with van der Waals surface area (Å²) in [6.07, 6.45) is 3.72. The van der Waals surface area contributed by atoms with Gasteiger partial charge < -0.3 is 19.5 Å². The molecule has 0 radical (unpaired) electrons. The van der Waals surface area contributed by atoms with Crippen molar-refractivity contribution >= 4 is 34.9 Å². The molecule has 1 N–H and O–H groups in total. The zero-order valence-electron chi connectivity index (χ0n) is 16.4. The summed E-state index contributed by atoms with van der Waals surface area (Å²) in [6.45, 7) is 2.16. The highest BCUT2D eigenvalue weighted by Gasteiger charge is 2.42. The molecule has 3 aromatic rings. The van der Waals surface area contributed by atoms with Crippen molar-refractivity contribution < 1.29 is 9.53 Å². The molecule has 2 aromatic heterocycles. The lowest BCUT2D eigenvalue weighted by atomic mass is 10.0. The van der Waals surface area contributed by atoms with E-state index in [1.165, 1.54) is 0 Å². The average Bonchev–Trinajstić information content (AvgIpc) is 3.34. The van der Waals surface area contributed by atoms with Gasteiger partial charge >= 0.3 is 5.97 Å². The van der Waals surface area contributed by atoms with Crippen molar-refractivity contribution in [1.29, 1.82) is 0 Å². The quantitative estimate of drug-likeness (QED) is 0.460. The number of esters is 1.